The average molecular weight is 320 g/mol. The van der Waals surface area contributed by atoms with Crippen LogP contribution in [0.2, 0.25) is 0 Å². The standard InChI is InChI=1S/C9H9IN2OS/c1-7(2)13-9-6-11-8(5-12-9)3-4-14-10/h5-7H,1-2H3. The van der Waals surface area contributed by atoms with Gasteiger partial charge in [-0.2, -0.15) is 0 Å². The molecule has 0 aliphatic rings. The van der Waals surface area contributed by atoms with E-state index in [4.69, 9.17) is 4.74 Å². The summed E-state index contributed by atoms with van der Waals surface area (Å²) in [5.41, 5.74) is 0.658. The van der Waals surface area contributed by atoms with Gasteiger partial charge in [0.1, 0.15) is 5.69 Å². The second-order valence-electron chi connectivity index (χ2n) is 2.71. The van der Waals surface area contributed by atoms with E-state index in [0.29, 0.717) is 11.6 Å². The van der Waals surface area contributed by atoms with Gasteiger partial charge < -0.3 is 4.74 Å². The minimum atomic E-state index is 0.117. The van der Waals surface area contributed by atoms with Crippen molar-refractivity contribution in [3.8, 4) is 17.1 Å². The van der Waals surface area contributed by atoms with E-state index in [-0.39, 0.29) is 6.10 Å². The summed E-state index contributed by atoms with van der Waals surface area (Å²) in [7, 11) is 1.42. The van der Waals surface area contributed by atoms with Crippen molar-refractivity contribution in [3.63, 3.8) is 0 Å². The predicted molar refractivity (Wildman–Crippen MR) is 66.3 cm³/mol. The smallest absolute Gasteiger partial charge is 0.232 e. The average Bonchev–Trinajstić information content (AvgIpc) is 2.16. The third-order valence-electron chi connectivity index (χ3n) is 1.20. The molecule has 0 saturated carbocycles. The molecular weight excluding hydrogens is 311 g/mol. The quantitative estimate of drug-likeness (QED) is 0.620. The lowest BCUT2D eigenvalue weighted by Crippen LogP contribution is -2.07. The molecule has 0 atom stereocenters. The molecule has 5 heteroatoms. The number of hydrogen-bond donors (Lipinski definition) is 0. The topological polar surface area (TPSA) is 35.0 Å². The van der Waals surface area contributed by atoms with Gasteiger partial charge in [0.05, 0.1) is 18.5 Å². The Kier molecular flexibility index (Phi) is 5.04. The number of aromatic nitrogens is 2. The van der Waals surface area contributed by atoms with Crippen molar-refractivity contribution < 1.29 is 4.74 Å². The van der Waals surface area contributed by atoms with Gasteiger partial charge in [0.25, 0.3) is 0 Å². The molecule has 0 fully saturated rings. The summed E-state index contributed by atoms with van der Waals surface area (Å²) in [6, 6.07) is 0. The molecule has 0 radical (unpaired) electrons. The molecule has 1 aromatic heterocycles. The zero-order valence-corrected chi connectivity index (χ0v) is 10.8. The van der Waals surface area contributed by atoms with Crippen LogP contribution in [0.4, 0.5) is 0 Å². The number of rotatable bonds is 2. The minimum absolute atomic E-state index is 0.117. The van der Waals surface area contributed by atoms with Gasteiger partial charge in [-0.25, -0.2) is 9.97 Å². The van der Waals surface area contributed by atoms with Crippen molar-refractivity contribution in [2.45, 2.75) is 20.0 Å². The van der Waals surface area contributed by atoms with Crippen LogP contribution < -0.4 is 4.74 Å². The first-order valence-electron chi connectivity index (χ1n) is 3.99. The van der Waals surface area contributed by atoms with Crippen LogP contribution in [0, 0.1) is 11.2 Å². The van der Waals surface area contributed by atoms with Gasteiger partial charge in [-0.3, -0.25) is 0 Å². The fraction of sp³-hybridized carbons (Fsp3) is 0.333. The third-order valence-corrected chi connectivity index (χ3v) is 2.04. The maximum Gasteiger partial charge on any atom is 0.232 e. The van der Waals surface area contributed by atoms with Crippen molar-refractivity contribution in [1.82, 2.24) is 9.97 Å². The van der Waals surface area contributed by atoms with E-state index in [9.17, 15) is 0 Å². The largest absolute Gasteiger partial charge is 0.474 e. The molecule has 0 amide bonds. The number of halogens is 1. The van der Waals surface area contributed by atoms with Crippen LogP contribution in [0.3, 0.4) is 0 Å². The Balaban J connectivity index is 2.68. The normalized spacial score (nSPS) is 9.43. The van der Waals surface area contributed by atoms with Crippen LogP contribution in [-0.2, 0) is 0 Å². The first-order valence-corrected chi connectivity index (χ1v) is 7.35. The van der Waals surface area contributed by atoms with Crippen molar-refractivity contribution in [2.24, 2.45) is 0 Å². The zero-order valence-electron chi connectivity index (χ0n) is 7.82. The Morgan fingerprint density at radius 1 is 1.43 bits per heavy atom. The molecule has 0 aromatic carbocycles. The van der Waals surface area contributed by atoms with Crippen LogP contribution in [0.1, 0.15) is 19.5 Å². The van der Waals surface area contributed by atoms with Crippen molar-refractivity contribution in [1.29, 1.82) is 0 Å². The summed E-state index contributed by atoms with van der Waals surface area (Å²) >= 11 is 2.11. The predicted octanol–water partition coefficient (Wildman–Crippen LogP) is 2.66. The molecular formula is C9H9IN2OS. The highest BCUT2D eigenvalue weighted by atomic mass is 127. The fourth-order valence-electron chi connectivity index (χ4n) is 0.755. The molecule has 0 spiro atoms. The number of hydrogen-bond acceptors (Lipinski definition) is 4. The van der Waals surface area contributed by atoms with E-state index < -0.39 is 0 Å². The molecule has 74 valence electrons. The highest BCUT2D eigenvalue weighted by molar-refractivity contribution is 14.2. The van der Waals surface area contributed by atoms with Crippen molar-refractivity contribution in [2.75, 3.05) is 0 Å². The van der Waals surface area contributed by atoms with E-state index in [1.165, 1.54) is 8.93 Å². The maximum atomic E-state index is 5.35. The van der Waals surface area contributed by atoms with Crippen LogP contribution in [0.25, 0.3) is 0 Å². The fourth-order valence-corrected chi connectivity index (χ4v) is 1.23. The van der Waals surface area contributed by atoms with Crippen LogP contribution in [0.5, 0.6) is 5.88 Å². The molecule has 0 N–H and O–H groups in total. The summed E-state index contributed by atoms with van der Waals surface area (Å²) in [4.78, 5) is 8.16. The molecule has 14 heavy (non-hydrogen) atoms. The highest BCUT2D eigenvalue weighted by Gasteiger charge is 1.98. The third kappa shape index (κ3) is 4.15. The first kappa shape index (κ1) is 11.6. The van der Waals surface area contributed by atoms with Gasteiger partial charge in [0.15, 0.2) is 0 Å². The van der Waals surface area contributed by atoms with Gasteiger partial charge in [0, 0.05) is 21.2 Å². The van der Waals surface area contributed by atoms with Gasteiger partial charge in [0.2, 0.25) is 5.88 Å². The molecule has 0 bridgehead atoms. The summed E-state index contributed by atoms with van der Waals surface area (Å²) in [5.74, 6) is 3.39. The Labute approximate surface area is 99.6 Å². The minimum Gasteiger partial charge on any atom is -0.474 e. The Bertz CT molecular complexity index is 342. The highest BCUT2D eigenvalue weighted by Crippen LogP contribution is 2.08. The molecule has 0 saturated heterocycles. The summed E-state index contributed by atoms with van der Waals surface area (Å²) in [5, 5.41) is 2.83. The van der Waals surface area contributed by atoms with Crippen LogP contribution in [-0.4, -0.2) is 16.1 Å². The maximum absolute atomic E-state index is 5.35. The van der Waals surface area contributed by atoms with Gasteiger partial charge in [-0.1, -0.05) is 0 Å². The Morgan fingerprint density at radius 2 is 2.21 bits per heavy atom. The first-order chi connectivity index (χ1) is 6.72. The monoisotopic (exact) mass is 320 g/mol. The van der Waals surface area contributed by atoms with E-state index >= 15 is 0 Å². The lowest BCUT2D eigenvalue weighted by Gasteiger charge is -2.06. The van der Waals surface area contributed by atoms with Crippen LogP contribution >= 0.6 is 30.1 Å². The van der Waals surface area contributed by atoms with Gasteiger partial charge in [-0.05, 0) is 34.0 Å². The Hall–Kier alpha value is -0.480. The zero-order chi connectivity index (χ0) is 10.4. The lowest BCUT2D eigenvalue weighted by molar-refractivity contribution is 0.231. The van der Waals surface area contributed by atoms with E-state index in [1.54, 1.807) is 12.4 Å². The second-order valence-corrected chi connectivity index (χ2v) is 4.39. The van der Waals surface area contributed by atoms with Crippen molar-refractivity contribution in [3.05, 3.63) is 18.1 Å². The molecule has 0 unspecified atom stereocenters. The molecule has 1 heterocycles. The number of nitrogens with zero attached hydrogens (tertiary/aromatic N) is 2. The van der Waals surface area contributed by atoms with E-state index in [0.717, 1.165) is 0 Å². The number of ether oxygens (including phenoxy) is 1. The van der Waals surface area contributed by atoms with Gasteiger partial charge in [-0.15, -0.1) is 0 Å². The molecule has 1 rings (SSSR count). The second kappa shape index (κ2) is 6.09. The lowest BCUT2D eigenvalue weighted by atomic mass is 10.4. The van der Waals surface area contributed by atoms with Crippen molar-refractivity contribution >= 4 is 30.1 Å². The molecule has 0 aliphatic heterocycles. The van der Waals surface area contributed by atoms with Crippen LogP contribution in [0.15, 0.2) is 12.4 Å². The van der Waals surface area contributed by atoms with E-state index in [2.05, 4.69) is 42.3 Å². The summed E-state index contributed by atoms with van der Waals surface area (Å²) < 4.78 is 5.35. The SMILES string of the molecule is CC(C)Oc1cnc(C#CSI)cn1. The summed E-state index contributed by atoms with van der Waals surface area (Å²) in [6.45, 7) is 3.89. The Morgan fingerprint density at radius 3 is 2.71 bits per heavy atom. The van der Waals surface area contributed by atoms with Gasteiger partial charge >= 0.3 is 0 Å². The molecule has 3 nitrogen and oxygen atoms in total. The molecule has 0 aliphatic carbocycles. The summed E-state index contributed by atoms with van der Waals surface area (Å²) in [6.07, 6.45) is 3.31. The van der Waals surface area contributed by atoms with E-state index in [1.807, 2.05) is 13.8 Å². The molecule has 1 aromatic rings.